The van der Waals surface area contributed by atoms with Crippen molar-refractivity contribution in [3.63, 3.8) is 0 Å². The van der Waals surface area contributed by atoms with Gasteiger partial charge in [-0.2, -0.15) is 0 Å². The first-order valence-electron chi connectivity index (χ1n) is 9.52. The lowest BCUT2D eigenvalue weighted by Crippen LogP contribution is -2.24. The molecule has 4 aromatic rings. The molecular formula is C23H21N5O2. The SMILES string of the molecule is Cn1c(CNC(=O)c2ccc(NC(=O)Nc3ccccc3)cc2)nc2ccccc21. The Kier molecular flexibility index (Phi) is 5.43. The minimum Gasteiger partial charge on any atom is -0.345 e. The maximum Gasteiger partial charge on any atom is 0.323 e. The van der Waals surface area contributed by atoms with E-state index in [1.807, 2.05) is 54.1 Å². The van der Waals surface area contributed by atoms with E-state index in [1.54, 1.807) is 36.4 Å². The summed E-state index contributed by atoms with van der Waals surface area (Å²) in [4.78, 5) is 29.1. The number of urea groups is 1. The van der Waals surface area contributed by atoms with Gasteiger partial charge in [0.05, 0.1) is 17.6 Å². The molecule has 150 valence electrons. The van der Waals surface area contributed by atoms with Crippen LogP contribution in [-0.2, 0) is 13.6 Å². The van der Waals surface area contributed by atoms with Crippen LogP contribution in [0.2, 0.25) is 0 Å². The smallest absolute Gasteiger partial charge is 0.323 e. The Labute approximate surface area is 173 Å². The molecule has 0 aliphatic rings. The standard InChI is InChI=1S/C23H21N5O2/c1-28-20-10-6-5-9-19(20)27-21(28)15-24-22(29)16-11-13-18(14-12-16)26-23(30)25-17-7-3-2-4-8-17/h2-14H,15H2,1H3,(H,24,29)(H2,25,26,30). The van der Waals surface area contributed by atoms with Crippen LogP contribution >= 0.6 is 0 Å². The Morgan fingerprint density at radius 3 is 2.17 bits per heavy atom. The van der Waals surface area contributed by atoms with Gasteiger partial charge in [-0.25, -0.2) is 9.78 Å². The van der Waals surface area contributed by atoms with E-state index in [9.17, 15) is 9.59 Å². The summed E-state index contributed by atoms with van der Waals surface area (Å²) >= 11 is 0. The highest BCUT2D eigenvalue weighted by molar-refractivity contribution is 6.00. The molecule has 3 N–H and O–H groups in total. The summed E-state index contributed by atoms with van der Waals surface area (Å²) in [5.41, 5.74) is 3.71. The van der Waals surface area contributed by atoms with Crippen LogP contribution in [0.3, 0.4) is 0 Å². The number of fused-ring (bicyclic) bond motifs is 1. The summed E-state index contributed by atoms with van der Waals surface area (Å²) in [7, 11) is 1.93. The summed E-state index contributed by atoms with van der Waals surface area (Å²) in [5, 5.41) is 8.37. The quantitative estimate of drug-likeness (QED) is 0.471. The van der Waals surface area contributed by atoms with Crippen LogP contribution in [0.4, 0.5) is 16.2 Å². The van der Waals surface area contributed by atoms with Gasteiger partial charge in [-0.3, -0.25) is 4.79 Å². The minimum absolute atomic E-state index is 0.206. The molecule has 0 fully saturated rings. The van der Waals surface area contributed by atoms with Gasteiger partial charge in [-0.1, -0.05) is 30.3 Å². The predicted molar refractivity (Wildman–Crippen MR) is 117 cm³/mol. The van der Waals surface area contributed by atoms with E-state index in [1.165, 1.54) is 0 Å². The third-order valence-electron chi connectivity index (χ3n) is 4.72. The molecule has 3 aromatic carbocycles. The van der Waals surface area contributed by atoms with Crippen molar-refractivity contribution in [1.82, 2.24) is 14.9 Å². The topological polar surface area (TPSA) is 88.0 Å². The number of benzene rings is 3. The number of aryl methyl sites for hydroxylation is 1. The van der Waals surface area contributed by atoms with Crippen LogP contribution in [0.15, 0.2) is 78.9 Å². The van der Waals surface area contributed by atoms with E-state index >= 15 is 0 Å². The zero-order valence-corrected chi connectivity index (χ0v) is 16.4. The van der Waals surface area contributed by atoms with Crippen molar-refractivity contribution in [3.05, 3.63) is 90.3 Å². The van der Waals surface area contributed by atoms with Crippen molar-refractivity contribution in [2.75, 3.05) is 10.6 Å². The number of carbonyl (C=O) groups is 2. The lowest BCUT2D eigenvalue weighted by Gasteiger charge is -2.09. The average molecular weight is 399 g/mol. The van der Waals surface area contributed by atoms with E-state index < -0.39 is 0 Å². The number of carbonyl (C=O) groups excluding carboxylic acids is 2. The molecule has 1 aromatic heterocycles. The number of nitrogens with zero attached hydrogens (tertiary/aromatic N) is 2. The van der Waals surface area contributed by atoms with Gasteiger partial charge in [-0.15, -0.1) is 0 Å². The number of anilines is 2. The molecule has 0 saturated heterocycles. The third-order valence-corrected chi connectivity index (χ3v) is 4.72. The number of imidazole rings is 1. The molecule has 0 aliphatic carbocycles. The monoisotopic (exact) mass is 399 g/mol. The van der Waals surface area contributed by atoms with Crippen molar-refractivity contribution < 1.29 is 9.59 Å². The lowest BCUT2D eigenvalue weighted by atomic mass is 10.2. The largest absolute Gasteiger partial charge is 0.345 e. The van der Waals surface area contributed by atoms with Crippen molar-refractivity contribution in [2.24, 2.45) is 7.05 Å². The number of nitrogens with one attached hydrogen (secondary N) is 3. The second kappa shape index (κ2) is 8.48. The molecular weight excluding hydrogens is 378 g/mol. The molecule has 0 unspecified atom stereocenters. The maximum absolute atomic E-state index is 12.5. The first kappa shape index (κ1) is 19.2. The van der Waals surface area contributed by atoms with Crippen LogP contribution in [0.25, 0.3) is 11.0 Å². The van der Waals surface area contributed by atoms with E-state index in [0.717, 1.165) is 16.9 Å². The summed E-state index contributed by atoms with van der Waals surface area (Å²) in [6.07, 6.45) is 0. The normalized spacial score (nSPS) is 10.6. The highest BCUT2D eigenvalue weighted by Crippen LogP contribution is 2.15. The van der Waals surface area contributed by atoms with E-state index in [-0.39, 0.29) is 11.9 Å². The number of aromatic nitrogens is 2. The zero-order valence-electron chi connectivity index (χ0n) is 16.4. The van der Waals surface area contributed by atoms with Crippen LogP contribution in [0, 0.1) is 0 Å². The molecule has 0 aliphatic heterocycles. The molecule has 0 radical (unpaired) electrons. The van der Waals surface area contributed by atoms with E-state index in [2.05, 4.69) is 20.9 Å². The van der Waals surface area contributed by atoms with Crippen LogP contribution in [0.5, 0.6) is 0 Å². The summed E-state index contributed by atoms with van der Waals surface area (Å²) in [5.74, 6) is 0.572. The van der Waals surface area contributed by atoms with E-state index in [4.69, 9.17) is 0 Å². The van der Waals surface area contributed by atoms with Crippen molar-refractivity contribution in [1.29, 1.82) is 0 Å². The van der Waals surface area contributed by atoms with Crippen LogP contribution in [0.1, 0.15) is 16.2 Å². The Hall–Kier alpha value is -4.13. The zero-order chi connectivity index (χ0) is 20.9. The van der Waals surface area contributed by atoms with Crippen LogP contribution < -0.4 is 16.0 Å². The molecule has 0 saturated carbocycles. The molecule has 7 nitrogen and oxygen atoms in total. The second-order valence-electron chi connectivity index (χ2n) is 6.78. The number of hydrogen-bond donors (Lipinski definition) is 3. The summed E-state index contributed by atoms with van der Waals surface area (Å²) < 4.78 is 1.97. The van der Waals surface area contributed by atoms with Crippen LogP contribution in [-0.4, -0.2) is 21.5 Å². The minimum atomic E-state index is -0.347. The Bertz CT molecular complexity index is 1180. The summed E-state index contributed by atoms with van der Waals surface area (Å²) in [6, 6.07) is 23.4. The molecule has 7 heteroatoms. The average Bonchev–Trinajstić information content (AvgIpc) is 3.09. The van der Waals surface area contributed by atoms with Crippen molar-refractivity contribution in [3.8, 4) is 0 Å². The van der Waals surface area contributed by atoms with Gasteiger partial charge in [0, 0.05) is 24.0 Å². The Morgan fingerprint density at radius 2 is 1.47 bits per heavy atom. The maximum atomic E-state index is 12.5. The first-order chi connectivity index (χ1) is 14.6. The summed E-state index contributed by atoms with van der Waals surface area (Å²) in [6.45, 7) is 0.323. The van der Waals surface area contributed by atoms with Crippen molar-refractivity contribution in [2.45, 2.75) is 6.54 Å². The molecule has 3 amide bonds. The first-order valence-corrected chi connectivity index (χ1v) is 9.52. The van der Waals surface area contributed by atoms with Crippen molar-refractivity contribution >= 4 is 34.3 Å². The second-order valence-corrected chi connectivity index (χ2v) is 6.78. The molecule has 0 spiro atoms. The number of rotatable bonds is 5. The molecule has 0 bridgehead atoms. The molecule has 0 atom stereocenters. The third kappa shape index (κ3) is 4.30. The van der Waals surface area contributed by atoms with Gasteiger partial charge in [0.15, 0.2) is 0 Å². The fraction of sp³-hybridized carbons (Fsp3) is 0.0870. The molecule has 30 heavy (non-hydrogen) atoms. The van der Waals surface area contributed by atoms with Gasteiger partial charge in [-0.05, 0) is 48.5 Å². The highest BCUT2D eigenvalue weighted by Gasteiger charge is 2.10. The molecule has 4 rings (SSSR count). The molecule has 1 heterocycles. The van der Waals surface area contributed by atoms with Gasteiger partial charge in [0.1, 0.15) is 5.82 Å². The Balaban J connectivity index is 1.34. The Morgan fingerprint density at radius 1 is 0.833 bits per heavy atom. The van der Waals surface area contributed by atoms with Gasteiger partial charge < -0.3 is 20.5 Å². The van der Waals surface area contributed by atoms with Gasteiger partial charge in [0.25, 0.3) is 5.91 Å². The fourth-order valence-corrected chi connectivity index (χ4v) is 3.13. The van der Waals surface area contributed by atoms with Gasteiger partial charge in [0.2, 0.25) is 0 Å². The predicted octanol–water partition coefficient (Wildman–Crippen LogP) is 4.15. The number of amides is 3. The number of hydrogen-bond acceptors (Lipinski definition) is 3. The number of para-hydroxylation sites is 3. The van der Waals surface area contributed by atoms with Gasteiger partial charge >= 0.3 is 6.03 Å². The van der Waals surface area contributed by atoms with E-state index in [0.29, 0.717) is 23.5 Å². The lowest BCUT2D eigenvalue weighted by molar-refractivity contribution is 0.0949. The highest BCUT2D eigenvalue weighted by atomic mass is 16.2. The fourth-order valence-electron chi connectivity index (χ4n) is 3.13.